The van der Waals surface area contributed by atoms with E-state index in [0.717, 1.165) is 36.1 Å². The summed E-state index contributed by atoms with van der Waals surface area (Å²) in [6.45, 7) is 2.07. The van der Waals surface area contributed by atoms with Crippen molar-refractivity contribution in [1.29, 1.82) is 0 Å². The SMILES string of the molecule is CCCc1cccc(C(NN)c2cc(F)c(F)c(F)c2)c1. The minimum Gasteiger partial charge on any atom is -0.271 e. The number of halogens is 3. The zero-order chi connectivity index (χ0) is 15.4. The zero-order valence-electron chi connectivity index (χ0n) is 11.7. The van der Waals surface area contributed by atoms with Crippen LogP contribution in [0.2, 0.25) is 0 Å². The van der Waals surface area contributed by atoms with E-state index in [4.69, 9.17) is 5.84 Å². The van der Waals surface area contributed by atoms with Gasteiger partial charge in [-0.05, 0) is 35.2 Å². The van der Waals surface area contributed by atoms with Crippen LogP contribution in [0.5, 0.6) is 0 Å². The topological polar surface area (TPSA) is 38.0 Å². The van der Waals surface area contributed by atoms with E-state index in [9.17, 15) is 13.2 Å². The monoisotopic (exact) mass is 294 g/mol. The first-order chi connectivity index (χ1) is 10.1. The van der Waals surface area contributed by atoms with E-state index >= 15 is 0 Å². The Morgan fingerprint density at radius 1 is 1.05 bits per heavy atom. The van der Waals surface area contributed by atoms with Crippen LogP contribution in [0.25, 0.3) is 0 Å². The molecule has 0 radical (unpaired) electrons. The summed E-state index contributed by atoms with van der Waals surface area (Å²) in [5.41, 5.74) is 4.64. The van der Waals surface area contributed by atoms with Crippen LogP contribution >= 0.6 is 0 Å². The molecule has 21 heavy (non-hydrogen) atoms. The van der Waals surface area contributed by atoms with Gasteiger partial charge in [0.05, 0.1) is 6.04 Å². The van der Waals surface area contributed by atoms with Gasteiger partial charge in [0.15, 0.2) is 17.5 Å². The van der Waals surface area contributed by atoms with Crippen molar-refractivity contribution in [1.82, 2.24) is 5.43 Å². The Hall–Kier alpha value is -1.85. The standard InChI is InChI=1S/C16H17F3N2/c1-2-4-10-5-3-6-11(7-10)16(21-20)12-8-13(17)15(19)14(18)9-12/h3,5-9,16,21H,2,4,20H2,1H3. The van der Waals surface area contributed by atoms with E-state index in [0.29, 0.717) is 0 Å². The third-order valence-electron chi connectivity index (χ3n) is 3.33. The highest BCUT2D eigenvalue weighted by atomic mass is 19.2. The van der Waals surface area contributed by atoms with Gasteiger partial charge in [-0.25, -0.2) is 18.6 Å². The minimum atomic E-state index is -1.48. The van der Waals surface area contributed by atoms with Gasteiger partial charge in [0.2, 0.25) is 0 Å². The van der Waals surface area contributed by atoms with Crippen LogP contribution < -0.4 is 11.3 Å². The molecule has 1 atom stereocenters. The molecule has 2 rings (SSSR count). The number of hydrazine groups is 1. The molecule has 0 aromatic heterocycles. The van der Waals surface area contributed by atoms with Crippen LogP contribution in [0.4, 0.5) is 13.2 Å². The summed E-state index contributed by atoms with van der Waals surface area (Å²) in [7, 11) is 0. The maximum Gasteiger partial charge on any atom is 0.194 e. The molecule has 2 nitrogen and oxygen atoms in total. The van der Waals surface area contributed by atoms with Gasteiger partial charge in [0.1, 0.15) is 0 Å². The van der Waals surface area contributed by atoms with Gasteiger partial charge < -0.3 is 0 Å². The highest BCUT2D eigenvalue weighted by Crippen LogP contribution is 2.25. The maximum atomic E-state index is 13.4. The number of benzene rings is 2. The summed E-state index contributed by atoms with van der Waals surface area (Å²) < 4.78 is 39.8. The molecule has 1 unspecified atom stereocenters. The average Bonchev–Trinajstić information content (AvgIpc) is 2.46. The van der Waals surface area contributed by atoms with Gasteiger partial charge in [-0.1, -0.05) is 37.6 Å². The number of nitrogens with two attached hydrogens (primary N) is 1. The van der Waals surface area contributed by atoms with E-state index in [2.05, 4.69) is 12.3 Å². The first-order valence-corrected chi connectivity index (χ1v) is 6.76. The molecule has 0 saturated heterocycles. The second-order valence-corrected chi connectivity index (χ2v) is 4.89. The molecule has 0 aliphatic carbocycles. The number of aryl methyl sites for hydroxylation is 1. The fourth-order valence-corrected chi connectivity index (χ4v) is 2.34. The van der Waals surface area contributed by atoms with Crippen molar-refractivity contribution in [3.8, 4) is 0 Å². The lowest BCUT2D eigenvalue weighted by atomic mass is 9.96. The maximum absolute atomic E-state index is 13.4. The summed E-state index contributed by atoms with van der Waals surface area (Å²) in [5.74, 6) is 1.58. The molecular formula is C16H17F3N2. The van der Waals surface area contributed by atoms with E-state index in [-0.39, 0.29) is 5.56 Å². The molecular weight excluding hydrogens is 277 g/mol. The molecule has 0 spiro atoms. The Balaban J connectivity index is 2.42. The fraction of sp³-hybridized carbons (Fsp3) is 0.250. The fourth-order valence-electron chi connectivity index (χ4n) is 2.34. The molecule has 0 amide bonds. The molecule has 2 aromatic rings. The second kappa shape index (κ2) is 6.74. The lowest BCUT2D eigenvalue weighted by molar-refractivity contribution is 0.442. The zero-order valence-corrected chi connectivity index (χ0v) is 11.7. The summed E-state index contributed by atoms with van der Waals surface area (Å²) in [4.78, 5) is 0. The number of hydrogen-bond donors (Lipinski definition) is 2. The molecule has 0 heterocycles. The molecule has 0 bridgehead atoms. The van der Waals surface area contributed by atoms with Crippen LogP contribution in [0, 0.1) is 17.5 Å². The van der Waals surface area contributed by atoms with E-state index in [1.54, 1.807) is 0 Å². The highest BCUT2D eigenvalue weighted by molar-refractivity contribution is 5.35. The van der Waals surface area contributed by atoms with Crippen LogP contribution in [0.15, 0.2) is 36.4 Å². The predicted octanol–water partition coefficient (Wildman–Crippen LogP) is 3.61. The lowest BCUT2D eigenvalue weighted by Gasteiger charge is -2.18. The van der Waals surface area contributed by atoms with Crippen molar-refractivity contribution in [2.45, 2.75) is 25.8 Å². The number of hydrogen-bond acceptors (Lipinski definition) is 2. The third kappa shape index (κ3) is 3.43. The average molecular weight is 294 g/mol. The van der Waals surface area contributed by atoms with Crippen molar-refractivity contribution >= 4 is 0 Å². The molecule has 0 aliphatic rings. The Labute approximate surface area is 121 Å². The molecule has 0 saturated carbocycles. The van der Waals surface area contributed by atoms with E-state index in [1.165, 1.54) is 0 Å². The van der Waals surface area contributed by atoms with Crippen molar-refractivity contribution in [2.24, 2.45) is 5.84 Å². The predicted molar refractivity (Wildman–Crippen MR) is 75.9 cm³/mol. The molecule has 2 aromatic carbocycles. The van der Waals surface area contributed by atoms with Gasteiger partial charge in [0.25, 0.3) is 0 Å². The van der Waals surface area contributed by atoms with Crippen molar-refractivity contribution in [2.75, 3.05) is 0 Å². The van der Waals surface area contributed by atoms with Gasteiger partial charge >= 0.3 is 0 Å². The van der Waals surface area contributed by atoms with Crippen LogP contribution in [0.1, 0.15) is 36.1 Å². The van der Waals surface area contributed by atoms with Crippen LogP contribution in [-0.4, -0.2) is 0 Å². The summed E-state index contributed by atoms with van der Waals surface area (Å²) in [6.07, 6.45) is 1.89. The summed E-state index contributed by atoms with van der Waals surface area (Å²) in [5, 5.41) is 0. The minimum absolute atomic E-state index is 0.238. The highest BCUT2D eigenvalue weighted by Gasteiger charge is 2.18. The Morgan fingerprint density at radius 3 is 2.29 bits per heavy atom. The first-order valence-electron chi connectivity index (χ1n) is 6.76. The van der Waals surface area contributed by atoms with Crippen molar-refractivity contribution in [3.63, 3.8) is 0 Å². The van der Waals surface area contributed by atoms with Gasteiger partial charge in [0, 0.05) is 0 Å². The van der Waals surface area contributed by atoms with Gasteiger partial charge in [-0.3, -0.25) is 5.84 Å². The normalized spacial score (nSPS) is 12.4. The smallest absolute Gasteiger partial charge is 0.194 e. The number of nitrogens with one attached hydrogen (secondary N) is 1. The molecule has 112 valence electrons. The van der Waals surface area contributed by atoms with Crippen molar-refractivity contribution in [3.05, 3.63) is 70.5 Å². The molecule has 5 heteroatoms. The Morgan fingerprint density at radius 2 is 1.71 bits per heavy atom. The Kier molecular flexibility index (Phi) is 4.98. The second-order valence-electron chi connectivity index (χ2n) is 4.89. The van der Waals surface area contributed by atoms with E-state index in [1.807, 2.05) is 24.3 Å². The summed E-state index contributed by atoms with van der Waals surface area (Å²) >= 11 is 0. The summed E-state index contributed by atoms with van der Waals surface area (Å²) in [6, 6.07) is 8.88. The Bertz CT molecular complexity index is 606. The van der Waals surface area contributed by atoms with Crippen LogP contribution in [-0.2, 0) is 6.42 Å². The van der Waals surface area contributed by atoms with Gasteiger partial charge in [-0.2, -0.15) is 0 Å². The molecule has 0 aliphatic heterocycles. The van der Waals surface area contributed by atoms with Crippen LogP contribution in [0.3, 0.4) is 0 Å². The third-order valence-corrected chi connectivity index (χ3v) is 3.33. The molecule has 3 N–H and O–H groups in total. The first kappa shape index (κ1) is 15.5. The quantitative estimate of drug-likeness (QED) is 0.502. The molecule has 0 fully saturated rings. The lowest BCUT2D eigenvalue weighted by Crippen LogP contribution is -2.29. The van der Waals surface area contributed by atoms with Crippen molar-refractivity contribution < 1.29 is 13.2 Å². The largest absolute Gasteiger partial charge is 0.271 e. The van der Waals surface area contributed by atoms with Gasteiger partial charge in [-0.15, -0.1) is 0 Å². The van der Waals surface area contributed by atoms with E-state index < -0.39 is 23.5 Å². The number of rotatable bonds is 5.